The molecule has 0 amide bonds. The number of quaternary nitrogens is 1. The minimum atomic E-state index is -4.63. The van der Waals surface area contributed by atoms with Crippen LogP contribution in [0.15, 0.2) is 36.5 Å². The Labute approximate surface area is 325 Å². The van der Waals surface area contributed by atoms with Crippen LogP contribution in [0.5, 0.6) is 0 Å². The third-order valence-electron chi connectivity index (χ3n) is 8.88. The molecule has 0 rings (SSSR count). The van der Waals surface area contributed by atoms with Gasteiger partial charge in [0.05, 0.1) is 27.7 Å². The Hall–Kier alpha value is -1.77. The monoisotopic (exact) mass is 770 g/mol. The van der Waals surface area contributed by atoms with E-state index in [2.05, 4.69) is 50.3 Å². The lowest BCUT2D eigenvalue weighted by Crippen LogP contribution is -2.37. The number of unbranched alkanes of at least 4 members (excludes halogenated alkanes) is 18. The summed E-state index contributed by atoms with van der Waals surface area (Å²) >= 11 is 0. The molecule has 2 atom stereocenters. The lowest BCUT2D eigenvalue weighted by atomic mass is 10.1. The van der Waals surface area contributed by atoms with Crippen molar-refractivity contribution in [3.05, 3.63) is 36.5 Å². The summed E-state index contributed by atoms with van der Waals surface area (Å²) in [5, 5.41) is 0. The summed E-state index contributed by atoms with van der Waals surface area (Å²) < 4.78 is 33.8. The topological polar surface area (TPSA) is 111 Å². The molecule has 0 radical (unpaired) electrons. The van der Waals surface area contributed by atoms with Crippen LogP contribution in [-0.2, 0) is 32.7 Å². The van der Waals surface area contributed by atoms with Crippen LogP contribution in [0.3, 0.4) is 0 Å². The molecule has 310 valence electrons. The fourth-order valence-electron chi connectivity index (χ4n) is 5.50. The fraction of sp³-hybridized carbons (Fsp3) is 0.814. The largest absolute Gasteiger partial charge is 0.756 e. The molecule has 9 nitrogen and oxygen atoms in total. The van der Waals surface area contributed by atoms with Crippen LogP contribution in [0.4, 0.5) is 0 Å². The second kappa shape index (κ2) is 35.9. The Morgan fingerprint density at radius 1 is 0.585 bits per heavy atom. The van der Waals surface area contributed by atoms with Gasteiger partial charge >= 0.3 is 11.9 Å². The first-order valence-corrected chi connectivity index (χ1v) is 22.7. The predicted molar refractivity (Wildman–Crippen MR) is 217 cm³/mol. The normalized spacial score (nSPS) is 14.0. The maximum atomic E-state index is 12.6. The molecule has 0 spiro atoms. The van der Waals surface area contributed by atoms with E-state index >= 15 is 0 Å². The standard InChI is InChI=1S/C43H80NO8P/c1-6-8-10-12-14-16-18-20-22-24-25-27-29-31-33-35-42(45)49-39-41(40-51-53(47,48)50-38-37-44(3,4)5)52-43(46)36-34-32-30-28-26-23-21-19-17-15-13-11-9-7-2/h14,16,19-22,41H,6-13,15,17-18,23-40H2,1-5H3/b16-14+,21-19+,22-20+/t41-/m1/s1. The lowest BCUT2D eigenvalue weighted by molar-refractivity contribution is -0.870. The molecule has 0 saturated carbocycles. The van der Waals surface area contributed by atoms with Crippen LogP contribution in [0, 0.1) is 0 Å². The predicted octanol–water partition coefficient (Wildman–Crippen LogP) is 11.1. The number of carbonyl (C=O) groups is 2. The molecule has 0 bridgehead atoms. The Bertz CT molecular complexity index is 1010. The van der Waals surface area contributed by atoms with Crippen LogP contribution >= 0.6 is 7.82 Å². The molecule has 0 aliphatic carbocycles. The van der Waals surface area contributed by atoms with Crippen LogP contribution in [0.2, 0.25) is 0 Å². The Morgan fingerprint density at radius 3 is 1.55 bits per heavy atom. The zero-order valence-electron chi connectivity index (χ0n) is 34.7. The van der Waals surface area contributed by atoms with Gasteiger partial charge in [0.25, 0.3) is 7.82 Å². The van der Waals surface area contributed by atoms with Crippen LogP contribution in [0.1, 0.15) is 174 Å². The summed E-state index contributed by atoms with van der Waals surface area (Å²) in [6.07, 6.45) is 38.8. The lowest BCUT2D eigenvalue weighted by Gasteiger charge is -2.28. The third-order valence-corrected chi connectivity index (χ3v) is 9.85. The minimum absolute atomic E-state index is 0.0350. The molecular formula is C43H80NO8P. The second-order valence-corrected chi connectivity index (χ2v) is 16.8. The van der Waals surface area contributed by atoms with Gasteiger partial charge < -0.3 is 27.9 Å². The van der Waals surface area contributed by atoms with E-state index in [0.29, 0.717) is 23.9 Å². The number of nitrogens with zero attached hydrogens (tertiary/aromatic N) is 1. The first kappa shape index (κ1) is 51.2. The Kier molecular flexibility index (Phi) is 34.7. The summed E-state index contributed by atoms with van der Waals surface area (Å²) in [5.74, 6) is -0.861. The number of hydrogen-bond acceptors (Lipinski definition) is 8. The third kappa shape index (κ3) is 39.7. The van der Waals surface area contributed by atoms with Crippen molar-refractivity contribution in [2.75, 3.05) is 47.5 Å². The summed E-state index contributed by atoms with van der Waals surface area (Å²) in [7, 11) is 1.15. The van der Waals surface area contributed by atoms with E-state index < -0.39 is 32.5 Å². The van der Waals surface area contributed by atoms with Gasteiger partial charge in [0.1, 0.15) is 19.8 Å². The molecule has 0 aromatic heterocycles. The van der Waals surface area contributed by atoms with Gasteiger partial charge in [-0.15, -0.1) is 0 Å². The number of likely N-dealkylation sites (N-methyl/N-ethyl adjacent to an activating group) is 1. The maximum Gasteiger partial charge on any atom is 0.306 e. The van der Waals surface area contributed by atoms with Crippen molar-refractivity contribution in [1.29, 1.82) is 0 Å². The second-order valence-electron chi connectivity index (χ2n) is 15.3. The van der Waals surface area contributed by atoms with Gasteiger partial charge in [-0.3, -0.25) is 14.2 Å². The Balaban J connectivity index is 4.42. The van der Waals surface area contributed by atoms with E-state index in [1.807, 2.05) is 21.1 Å². The van der Waals surface area contributed by atoms with Gasteiger partial charge in [-0.05, 0) is 70.6 Å². The SMILES string of the molecule is CCCCC/C=C/C/C=C/CCCCCCCC(=O)OC[C@H](COP(=O)([O-])OCC[N+](C)(C)C)OC(=O)CCCCCCC/C=C/CCCCCCC. The number of phosphoric ester groups is 1. The molecule has 53 heavy (non-hydrogen) atoms. The number of phosphoric acid groups is 1. The highest BCUT2D eigenvalue weighted by Crippen LogP contribution is 2.38. The van der Waals surface area contributed by atoms with Crippen LogP contribution < -0.4 is 4.89 Å². The van der Waals surface area contributed by atoms with Crippen LogP contribution in [0.25, 0.3) is 0 Å². The molecule has 0 fully saturated rings. The van der Waals surface area contributed by atoms with Gasteiger partial charge in [0, 0.05) is 12.8 Å². The highest BCUT2D eigenvalue weighted by atomic mass is 31.2. The molecular weight excluding hydrogens is 689 g/mol. The van der Waals surface area contributed by atoms with Gasteiger partial charge in [-0.25, -0.2) is 0 Å². The van der Waals surface area contributed by atoms with Gasteiger partial charge in [0.2, 0.25) is 0 Å². The minimum Gasteiger partial charge on any atom is -0.756 e. The summed E-state index contributed by atoms with van der Waals surface area (Å²) in [5.41, 5.74) is 0. The van der Waals surface area contributed by atoms with E-state index in [0.717, 1.165) is 70.6 Å². The average molecular weight is 770 g/mol. The highest BCUT2D eigenvalue weighted by molar-refractivity contribution is 7.45. The van der Waals surface area contributed by atoms with Gasteiger partial charge in [0.15, 0.2) is 6.10 Å². The average Bonchev–Trinajstić information content (AvgIpc) is 3.10. The number of carbonyl (C=O) groups excluding carboxylic acids is 2. The van der Waals surface area contributed by atoms with Gasteiger partial charge in [-0.1, -0.05) is 127 Å². The van der Waals surface area contributed by atoms with Crippen molar-refractivity contribution < 1.29 is 42.1 Å². The molecule has 10 heteroatoms. The van der Waals surface area contributed by atoms with Crippen molar-refractivity contribution in [2.45, 2.75) is 180 Å². The van der Waals surface area contributed by atoms with E-state index in [1.165, 1.54) is 64.2 Å². The van der Waals surface area contributed by atoms with E-state index in [4.69, 9.17) is 18.5 Å². The van der Waals surface area contributed by atoms with Crippen molar-refractivity contribution >= 4 is 19.8 Å². The quantitative estimate of drug-likeness (QED) is 0.0201. The van der Waals surface area contributed by atoms with Crippen molar-refractivity contribution in [2.24, 2.45) is 0 Å². The molecule has 1 unspecified atom stereocenters. The highest BCUT2D eigenvalue weighted by Gasteiger charge is 2.21. The number of allylic oxidation sites excluding steroid dienone is 6. The molecule has 0 aliphatic heterocycles. The van der Waals surface area contributed by atoms with Crippen molar-refractivity contribution in [3.63, 3.8) is 0 Å². The van der Waals surface area contributed by atoms with E-state index in [9.17, 15) is 19.0 Å². The molecule has 0 saturated heterocycles. The van der Waals surface area contributed by atoms with Crippen LogP contribution in [-0.4, -0.2) is 70.0 Å². The van der Waals surface area contributed by atoms with Crippen molar-refractivity contribution in [3.8, 4) is 0 Å². The number of ether oxygens (including phenoxy) is 2. The molecule has 0 aromatic rings. The zero-order chi connectivity index (χ0) is 39.3. The summed E-state index contributed by atoms with van der Waals surface area (Å²) in [4.78, 5) is 37.4. The number of esters is 2. The van der Waals surface area contributed by atoms with E-state index in [1.54, 1.807) is 0 Å². The molecule has 0 aliphatic rings. The first-order valence-electron chi connectivity index (χ1n) is 21.2. The van der Waals surface area contributed by atoms with Gasteiger partial charge in [-0.2, -0.15) is 0 Å². The fourth-order valence-corrected chi connectivity index (χ4v) is 6.23. The summed E-state index contributed by atoms with van der Waals surface area (Å²) in [6.45, 7) is 4.16. The smallest absolute Gasteiger partial charge is 0.306 e. The molecule has 0 aromatic carbocycles. The first-order chi connectivity index (χ1) is 25.5. The Morgan fingerprint density at radius 2 is 1.02 bits per heavy atom. The number of rotatable bonds is 38. The van der Waals surface area contributed by atoms with Crippen molar-refractivity contribution in [1.82, 2.24) is 0 Å². The van der Waals surface area contributed by atoms with E-state index in [-0.39, 0.29) is 26.1 Å². The summed E-state index contributed by atoms with van der Waals surface area (Å²) in [6, 6.07) is 0. The zero-order valence-corrected chi connectivity index (χ0v) is 35.6. The molecule has 0 heterocycles. The number of hydrogen-bond donors (Lipinski definition) is 0. The maximum absolute atomic E-state index is 12.6. The molecule has 0 N–H and O–H groups in total.